The lowest BCUT2D eigenvalue weighted by Gasteiger charge is -2.31. The number of hydrogen-bond acceptors (Lipinski definition) is 6. The van der Waals surface area contributed by atoms with Crippen molar-refractivity contribution in [2.45, 2.75) is 22.1 Å². The first-order valence-corrected chi connectivity index (χ1v) is 11.1. The zero-order valence-corrected chi connectivity index (χ0v) is 17.0. The molecular weight excluding hydrogens is 382 g/mol. The number of thioether (sulfide) groups is 1. The van der Waals surface area contributed by atoms with E-state index in [1.807, 2.05) is 32.2 Å². The van der Waals surface area contributed by atoms with Gasteiger partial charge in [-0.25, -0.2) is 13.4 Å². The lowest BCUT2D eigenvalue weighted by atomic mass is 10.1. The van der Waals surface area contributed by atoms with Gasteiger partial charge in [-0.15, -0.1) is 0 Å². The fraction of sp³-hybridized carbons (Fsp3) is 0.368. The predicted molar refractivity (Wildman–Crippen MR) is 107 cm³/mol. The highest BCUT2D eigenvalue weighted by atomic mass is 32.2. The van der Waals surface area contributed by atoms with Crippen molar-refractivity contribution in [3.8, 4) is 0 Å². The maximum atomic E-state index is 12.7. The number of pyridine rings is 1. The van der Waals surface area contributed by atoms with Gasteiger partial charge in [0, 0.05) is 37.9 Å². The monoisotopic (exact) mass is 405 g/mol. The molecule has 0 radical (unpaired) electrons. The number of sulfonamides is 1. The third-order valence-corrected chi connectivity index (χ3v) is 7.47. The highest BCUT2D eigenvalue weighted by molar-refractivity contribution is 8.00. The minimum absolute atomic E-state index is 0.0246. The molecule has 1 unspecified atom stereocenters. The first-order chi connectivity index (χ1) is 12.9. The summed E-state index contributed by atoms with van der Waals surface area (Å²) in [6.45, 7) is 4.24. The van der Waals surface area contributed by atoms with E-state index < -0.39 is 10.0 Å². The van der Waals surface area contributed by atoms with Crippen LogP contribution in [0.2, 0.25) is 0 Å². The number of carbonyl (C=O) groups is 1. The van der Waals surface area contributed by atoms with Crippen LogP contribution in [0.5, 0.6) is 0 Å². The molecule has 1 aromatic carbocycles. The van der Waals surface area contributed by atoms with Crippen molar-refractivity contribution in [1.29, 1.82) is 0 Å². The van der Waals surface area contributed by atoms with Crippen LogP contribution in [0.15, 0.2) is 58.6 Å². The highest BCUT2D eigenvalue weighted by Gasteiger charge is 2.27. The van der Waals surface area contributed by atoms with Crippen LogP contribution in [0.3, 0.4) is 0 Å². The fourth-order valence-corrected chi connectivity index (χ4v) is 5.07. The standard InChI is InChI=1S/C19H23N3O3S2/c1-15(19(23)16-6-4-3-5-7-16)26-18-9-8-17(14-20-18)27(24,25)22-12-10-21(2)11-13-22/h3-9,14-15H,10-13H2,1-2H3. The number of ketones is 1. The number of carbonyl (C=O) groups excluding carboxylic acids is 1. The Bertz CT molecular complexity index is 878. The Morgan fingerprint density at radius 2 is 1.74 bits per heavy atom. The fourth-order valence-electron chi connectivity index (χ4n) is 2.84. The Hall–Kier alpha value is -1.74. The lowest BCUT2D eigenvalue weighted by Crippen LogP contribution is -2.47. The molecule has 0 amide bonds. The van der Waals surface area contributed by atoms with Gasteiger partial charge in [-0.1, -0.05) is 42.1 Å². The molecule has 0 aliphatic carbocycles. The van der Waals surface area contributed by atoms with Gasteiger partial charge in [0.25, 0.3) is 0 Å². The third kappa shape index (κ3) is 4.76. The highest BCUT2D eigenvalue weighted by Crippen LogP contribution is 2.25. The van der Waals surface area contributed by atoms with Crippen LogP contribution in [0.1, 0.15) is 17.3 Å². The van der Waals surface area contributed by atoms with E-state index in [1.54, 1.807) is 24.3 Å². The quantitative estimate of drug-likeness (QED) is 0.543. The molecule has 2 heterocycles. The van der Waals surface area contributed by atoms with Crippen LogP contribution >= 0.6 is 11.8 Å². The predicted octanol–water partition coefficient (Wildman–Crippen LogP) is 2.38. The van der Waals surface area contributed by atoms with E-state index in [4.69, 9.17) is 0 Å². The maximum Gasteiger partial charge on any atom is 0.244 e. The molecule has 0 saturated carbocycles. The Labute approximate surface area is 164 Å². The van der Waals surface area contributed by atoms with Crippen molar-refractivity contribution < 1.29 is 13.2 Å². The number of piperazine rings is 1. The van der Waals surface area contributed by atoms with Crippen LogP contribution in [0, 0.1) is 0 Å². The molecule has 1 aliphatic rings. The van der Waals surface area contributed by atoms with Crippen LogP contribution < -0.4 is 0 Å². The van der Waals surface area contributed by atoms with Crippen LogP contribution in [0.4, 0.5) is 0 Å². The molecule has 6 nitrogen and oxygen atoms in total. The maximum absolute atomic E-state index is 12.7. The summed E-state index contributed by atoms with van der Waals surface area (Å²) in [4.78, 5) is 19.0. The molecule has 8 heteroatoms. The van der Waals surface area contributed by atoms with Gasteiger partial charge in [0.1, 0.15) is 4.90 Å². The molecule has 0 spiro atoms. The Kier molecular flexibility index (Phi) is 6.31. The second-order valence-electron chi connectivity index (χ2n) is 6.53. The molecule has 0 N–H and O–H groups in total. The van der Waals surface area contributed by atoms with Crippen molar-refractivity contribution in [1.82, 2.24) is 14.2 Å². The number of benzene rings is 1. The van der Waals surface area contributed by atoms with Crippen molar-refractivity contribution in [2.24, 2.45) is 0 Å². The van der Waals surface area contributed by atoms with Crippen molar-refractivity contribution in [3.63, 3.8) is 0 Å². The summed E-state index contributed by atoms with van der Waals surface area (Å²) in [5.74, 6) is 0.0246. The molecule has 0 bridgehead atoms. The SMILES string of the molecule is CC(Sc1ccc(S(=O)(=O)N2CCN(C)CC2)cn1)C(=O)c1ccccc1. The summed E-state index contributed by atoms with van der Waals surface area (Å²) in [7, 11) is -1.54. The van der Waals surface area contributed by atoms with Gasteiger partial charge in [-0.3, -0.25) is 4.79 Å². The smallest absolute Gasteiger partial charge is 0.244 e. The van der Waals surface area contributed by atoms with E-state index in [0.29, 0.717) is 23.7 Å². The van der Waals surface area contributed by atoms with Gasteiger partial charge in [0.2, 0.25) is 10.0 Å². The number of nitrogens with zero attached hydrogens (tertiary/aromatic N) is 3. The van der Waals surface area contributed by atoms with Crippen LogP contribution in [-0.2, 0) is 10.0 Å². The van der Waals surface area contributed by atoms with Gasteiger partial charge < -0.3 is 4.90 Å². The van der Waals surface area contributed by atoms with Gasteiger partial charge in [-0.05, 0) is 26.1 Å². The van der Waals surface area contributed by atoms with Gasteiger partial charge in [0.15, 0.2) is 5.78 Å². The molecule has 144 valence electrons. The van der Waals surface area contributed by atoms with Crippen molar-refractivity contribution >= 4 is 27.6 Å². The number of Topliss-reactive ketones (excluding diaryl/α,β-unsaturated/α-hetero) is 1. The second-order valence-corrected chi connectivity index (χ2v) is 9.83. The van der Waals surface area contributed by atoms with E-state index in [0.717, 1.165) is 13.1 Å². The summed E-state index contributed by atoms with van der Waals surface area (Å²) in [5, 5.41) is 0.323. The number of aromatic nitrogens is 1. The summed E-state index contributed by atoms with van der Waals surface area (Å²) in [5.41, 5.74) is 0.659. The Balaban J connectivity index is 1.67. The van der Waals surface area contributed by atoms with Gasteiger partial charge >= 0.3 is 0 Å². The number of hydrogen-bond donors (Lipinski definition) is 0. The molecule has 1 aliphatic heterocycles. The average molecular weight is 406 g/mol. The molecule has 1 atom stereocenters. The lowest BCUT2D eigenvalue weighted by molar-refractivity contribution is 0.0994. The molecular formula is C19H23N3O3S2. The van der Waals surface area contributed by atoms with E-state index in [-0.39, 0.29) is 15.9 Å². The van der Waals surface area contributed by atoms with Gasteiger partial charge in [0.05, 0.1) is 10.3 Å². The zero-order valence-electron chi connectivity index (χ0n) is 15.4. The summed E-state index contributed by atoms with van der Waals surface area (Å²) < 4.78 is 27.0. The molecule has 1 saturated heterocycles. The zero-order chi connectivity index (χ0) is 19.4. The molecule has 1 aromatic heterocycles. The van der Waals surface area contributed by atoms with Crippen LogP contribution in [0.25, 0.3) is 0 Å². The number of rotatable bonds is 6. The molecule has 1 fully saturated rings. The van der Waals surface area contributed by atoms with Crippen molar-refractivity contribution in [2.75, 3.05) is 33.2 Å². The number of likely N-dealkylation sites (N-methyl/N-ethyl adjacent to an activating group) is 1. The third-order valence-electron chi connectivity index (χ3n) is 4.53. The van der Waals surface area contributed by atoms with Crippen molar-refractivity contribution in [3.05, 3.63) is 54.2 Å². The minimum Gasteiger partial charge on any atom is -0.304 e. The molecule has 27 heavy (non-hydrogen) atoms. The second kappa shape index (κ2) is 8.52. The Morgan fingerprint density at radius 3 is 2.33 bits per heavy atom. The Morgan fingerprint density at radius 1 is 1.07 bits per heavy atom. The minimum atomic E-state index is -3.52. The summed E-state index contributed by atoms with van der Waals surface area (Å²) in [6, 6.07) is 12.4. The average Bonchev–Trinajstić information content (AvgIpc) is 2.69. The molecule has 2 aromatic rings. The van der Waals surface area contributed by atoms with E-state index in [9.17, 15) is 13.2 Å². The van der Waals surface area contributed by atoms with Gasteiger partial charge in [-0.2, -0.15) is 4.31 Å². The van der Waals surface area contributed by atoms with Crippen LogP contribution in [-0.4, -0.2) is 66.9 Å². The topological polar surface area (TPSA) is 70.6 Å². The first-order valence-electron chi connectivity index (χ1n) is 8.78. The van der Waals surface area contributed by atoms with E-state index >= 15 is 0 Å². The normalized spacial score (nSPS) is 17.6. The summed E-state index contributed by atoms with van der Waals surface area (Å²) >= 11 is 1.33. The van der Waals surface area contributed by atoms with E-state index in [2.05, 4.69) is 9.88 Å². The molecule has 3 rings (SSSR count). The van der Waals surface area contributed by atoms with E-state index in [1.165, 1.54) is 22.3 Å². The largest absolute Gasteiger partial charge is 0.304 e. The summed E-state index contributed by atoms with van der Waals surface area (Å²) in [6.07, 6.45) is 1.38. The first kappa shape index (κ1) is 20.0.